The summed E-state index contributed by atoms with van der Waals surface area (Å²) >= 11 is 0. The number of pyridine rings is 1. The van der Waals surface area contributed by atoms with E-state index < -0.39 is 0 Å². The van der Waals surface area contributed by atoms with Gasteiger partial charge in [-0.2, -0.15) is 0 Å². The first-order valence-corrected chi connectivity index (χ1v) is 9.76. The first-order valence-electron chi connectivity index (χ1n) is 9.76. The van der Waals surface area contributed by atoms with E-state index in [-0.39, 0.29) is 17.4 Å². The third kappa shape index (κ3) is 3.92. The van der Waals surface area contributed by atoms with Crippen LogP contribution in [0.15, 0.2) is 59.5 Å². The molecule has 0 radical (unpaired) electrons. The SMILES string of the molecule is Cc1ccc(CC(=O)N2CCN(C(=O)c3c[nH]c(=O)c4ccccc34)CC2)cc1. The first-order chi connectivity index (χ1) is 14.0. The number of aromatic nitrogens is 1. The van der Waals surface area contributed by atoms with E-state index in [0.717, 1.165) is 5.56 Å². The van der Waals surface area contributed by atoms with Crippen molar-refractivity contribution in [3.63, 3.8) is 0 Å². The second-order valence-electron chi connectivity index (χ2n) is 7.41. The molecule has 1 N–H and O–H groups in total. The van der Waals surface area contributed by atoms with Crippen molar-refractivity contribution in [1.82, 2.24) is 14.8 Å². The first kappa shape index (κ1) is 18.9. The third-order valence-electron chi connectivity index (χ3n) is 5.44. The fraction of sp³-hybridized carbons (Fsp3) is 0.261. The van der Waals surface area contributed by atoms with Crippen molar-refractivity contribution in [3.8, 4) is 0 Å². The Kier molecular flexibility index (Phi) is 5.16. The molecule has 0 atom stereocenters. The molecule has 2 heterocycles. The van der Waals surface area contributed by atoms with E-state index in [0.29, 0.717) is 48.9 Å². The maximum Gasteiger partial charge on any atom is 0.256 e. The zero-order valence-electron chi connectivity index (χ0n) is 16.4. The van der Waals surface area contributed by atoms with Crippen LogP contribution >= 0.6 is 0 Å². The van der Waals surface area contributed by atoms with Gasteiger partial charge in [0.1, 0.15) is 0 Å². The van der Waals surface area contributed by atoms with Gasteiger partial charge in [0.2, 0.25) is 5.91 Å². The highest BCUT2D eigenvalue weighted by atomic mass is 16.2. The van der Waals surface area contributed by atoms with Crippen LogP contribution in [0.1, 0.15) is 21.5 Å². The van der Waals surface area contributed by atoms with Crippen LogP contribution in [0.4, 0.5) is 0 Å². The lowest BCUT2D eigenvalue weighted by atomic mass is 10.1. The Morgan fingerprint density at radius 3 is 2.21 bits per heavy atom. The highest BCUT2D eigenvalue weighted by molar-refractivity contribution is 6.06. The van der Waals surface area contributed by atoms with Crippen LogP contribution in [0.3, 0.4) is 0 Å². The van der Waals surface area contributed by atoms with Gasteiger partial charge in [0, 0.05) is 43.1 Å². The minimum Gasteiger partial charge on any atom is -0.339 e. The lowest BCUT2D eigenvalue weighted by molar-refractivity contribution is -0.131. The van der Waals surface area contributed by atoms with Crippen molar-refractivity contribution in [1.29, 1.82) is 0 Å². The molecule has 2 aromatic carbocycles. The van der Waals surface area contributed by atoms with Gasteiger partial charge >= 0.3 is 0 Å². The van der Waals surface area contributed by atoms with Gasteiger partial charge in [0.25, 0.3) is 11.5 Å². The summed E-state index contributed by atoms with van der Waals surface area (Å²) in [6.07, 6.45) is 1.86. The lowest BCUT2D eigenvalue weighted by Crippen LogP contribution is -2.51. The molecule has 1 saturated heterocycles. The quantitative estimate of drug-likeness (QED) is 0.747. The second-order valence-corrected chi connectivity index (χ2v) is 7.41. The standard InChI is InChI=1S/C23H23N3O3/c1-16-6-8-17(9-7-16)14-21(27)25-10-12-26(13-11-25)23(29)20-15-24-22(28)19-5-3-2-4-18(19)20/h2-9,15H,10-14H2,1H3,(H,24,28). The van der Waals surface area contributed by atoms with Crippen molar-refractivity contribution in [2.45, 2.75) is 13.3 Å². The number of H-pyrrole nitrogens is 1. The number of aromatic amines is 1. The fourth-order valence-corrected chi connectivity index (χ4v) is 3.71. The summed E-state index contributed by atoms with van der Waals surface area (Å²) in [7, 11) is 0. The Balaban J connectivity index is 1.43. The summed E-state index contributed by atoms with van der Waals surface area (Å²) in [5.41, 5.74) is 2.45. The van der Waals surface area contributed by atoms with Crippen LogP contribution < -0.4 is 5.56 Å². The molecule has 1 fully saturated rings. The van der Waals surface area contributed by atoms with Crippen molar-refractivity contribution in [3.05, 3.63) is 81.8 Å². The zero-order valence-corrected chi connectivity index (χ0v) is 16.4. The van der Waals surface area contributed by atoms with Crippen LogP contribution in [0, 0.1) is 6.92 Å². The van der Waals surface area contributed by atoms with E-state index in [1.165, 1.54) is 11.8 Å². The van der Waals surface area contributed by atoms with Crippen molar-refractivity contribution in [2.24, 2.45) is 0 Å². The van der Waals surface area contributed by atoms with Crippen LogP contribution in [0.2, 0.25) is 0 Å². The van der Waals surface area contributed by atoms with Gasteiger partial charge in [-0.3, -0.25) is 14.4 Å². The molecule has 4 rings (SSSR count). The summed E-state index contributed by atoms with van der Waals surface area (Å²) < 4.78 is 0. The van der Waals surface area contributed by atoms with E-state index in [4.69, 9.17) is 0 Å². The van der Waals surface area contributed by atoms with Gasteiger partial charge in [0.05, 0.1) is 12.0 Å². The molecule has 0 aliphatic carbocycles. The summed E-state index contributed by atoms with van der Waals surface area (Å²) in [5.74, 6) is -0.0430. The van der Waals surface area contributed by atoms with Gasteiger partial charge in [-0.25, -0.2) is 0 Å². The Morgan fingerprint density at radius 2 is 1.52 bits per heavy atom. The van der Waals surface area contributed by atoms with Gasteiger partial charge in [0.15, 0.2) is 0 Å². The van der Waals surface area contributed by atoms with E-state index in [2.05, 4.69) is 4.98 Å². The molecule has 1 aromatic heterocycles. The van der Waals surface area contributed by atoms with Crippen LogP contribution in [-0.4, -0.2) is 52.8 Å². The number of hydrogen-bond acceptors (Lipinski definition) is 3. The molecular weight excluding hydrogens is 366 g/mol. The molecule has 148 valence electrons. The molecule has 0 bridgehead atoms. The van der Waals surface area contributed by atoms with Gasteiger partial charge < -0.3 is 14.8 Å². The molecule has 29 heavy (non-hydrogen) atoms. The number of nitrogens with zero attached hydrogens (tertiary/aromatic N) is 2. The third-order valence-corrected chi connectivity index (χ3v) is 5.44. The number of rotatable bonds is 3. The Labute approximate surface area is 168 Å². The van der Waals surface area contributed by atoms with Crippen LogP contribution in [-0.2, 0) is 11.2 Å². The largest absolute Gasteiger partial charge is 0.339 e. The smallest absolute Gasteiger partial charge is 0.256 e. The second kappa shape index (κ2) is 7.91. The molecule has 2 amide bonds. The number of carbonyl (C=O) groups is 2. The van der Waals surface area contributed by atoms with E-state index in [1.807, 2.05) is 42.2 Å². The molecule has 6 heteroatoms. The number of aryl methyl sites for hydroxylation is 1. The van der Waals surface area contributed by atoms with Gasteiger partial charge in [-0.1, -0.05) is 48.0 Å². The highest BCUT2D eigenvalue weighted by Gasteiger charge is 2.26. The molecular formula is C23H23N3O3. The molecule has 1 aliphatic heterocycles. The molecule has 0 spiro atoms. The van der Waals surface area contributed by atoms with Gasteiger partial charge in [-0.15, -0.1) is 0 Å². The molecule has 0 unspecified atom stereocenters. The number of nitrogens with one attached hydrogen (secondary N) is 1. The minimum absolute atomic E-state index is 0.0791. The van der Waals surface area contributed by atoms with Crippen LogP contribution in [0.5, 0.6) is 0 Å². The average Bonchev–Trinajstić information content (AvgIpc) is 2.75. The molecule has 0 saturated carbocycles. The fourth-order valence-electron chi connectivity index (χ4n) is 3.71. The monoisotopic (exact) mass is 389 g/mol. The Morgan fingerprint density at radius 1 is 0.897 bits per heavy atom. The summed E-state index contributed by atoms with van der Waals surface area (Å²) in [5, 5.41) is 1.16. The maximum atomic E-state index is 13.0. The van der Waals surface area contributed by atoms with Crippen molar-refractivity contribution >= 4 is 22.6 Å². The van der Waals surface area contributed by atoms with Gasteiger partial charge in [-0.05, 0) is 18.6 Å². The predicted molar refractivity (Wildman–Crippen MR) is 112 cm³/mol. The molecule has 6 nitrogen and oxygen atoms in total. The normalized spacial score (nSPS) is 14.2. The maximum absolute atomic E-state index is 13.0. The van der Waals surface area contributed by atoms with E-state index in [9.17, 15) is 14.4 Å². The van der Waals surface area contributed by atoms with Crippen LogP contribution in [0.25, 0.3) is 10.8 Å². The summed E-state index contributed by atoms with van der Waals surface area (Å²) in [6.45, 7) is 4.00. The summed E-state index contributed by atoms with van der Waals surface area (Å²) in [4.78, 5) is 43.8. The number of piperazine rings is 1. The highest BCUT2D eigenvalue weighted by Crippen LogP contribution is 2.17. The lowest BCUT2D eigenvalue weighted by Gasteiger charge is -2.35. The number of fused-ring (bicyclic) bond motifs is 1. The zero-order chi connectivity index (χ0) is 20.4. The number of amides is 2. The van der Waals surface area contributed by atoms with E-state index in [1.54, 1.807) is 23.1 Å². The molecule has 1 aliphatic rings. The number of carbonyl (C=O) groups excluding carboxylic acids is 2. The number of benzene rings is 2. The summed E-state index contributed by atoms with van der Waals surface area (Å²) in [6, 6.07) is 15.1. The topological polar surface area (TPSA) is 73.5 Å². The van der Waals surface area contributed by atoms with E-state index >= 15 is 0 Å². The van der Waals surface area contributed by atoms with Crippen molar-refractivity contribution < 1.29 is 9.59 Å². The Bertz CT molecular complexity index is 1110. The predicted octanol–water partition coefficient (Wildman–Crippen LogP) is 2.36. The number of hydrogen-bond donors (Lipinski definition) is 1. The minimum atomic E-state index is -0.205. The Hall–Kier alpha value is -3.41. The molecule has 3 aromatic rings. The average molecular weight is 389 g/mol. The van der Waals surface area contributed by atoms with Crippen molar-refractivity contribution in [2.75, 3.05) is 26.2 Å².